The summed E-state index contributed by atoms with van der Waals surface area (Å²) in [5.41, 5.74) is 3.77. The molecule has 4 aromatic rings. The molecule has 1 heterocycles. The lowest BCUT2D eigenvalue weighted by molar-refractivity contribution is -0.111. The molecule has 29 heavy (non-hydrogen) atoms. The highest BCUT2D eigenvalue weighted by molar-refractivity contribution is 6.31. The number of halogens is 1. The van der Waals surface area contributed by atoms with Gasteiger partial charge in [0.1, 0.15) is 11.3 Å². The van der Waals surface area contributed by atoms with E-state index >= 15 is 0 Å². The zero-order chi connectivity index (χ0) is 20.2. The van der Waals surface area contributed by atoms with E-state index in [9.17, 15) is 4.79 Å². The second-order valence-electron chi connectivity index (χ2n) is 6.30. The van der Waals surface area contributed by atoms with E-state index in [1.165, 1.54) is 6.08 Å². The van der Waals surface area contributed by atoms with Gasteiger partial charge >= 0.3 is 0 Å². The van der Waals surface area contributed by atoms with Crippen molar-refractivity contribution in [3.05, 3.63) is 83.4 Å². The Morgan fingerprint density at radius 1 is 1.07 bits per heavy atom. The second kappa shape index (κ2) is 8.20. The van der Waals surface area contributed by atoms with E-state index in [-0.39, 0.29) is 5.91 Å². The average Bonchev–Trinajstić information content (AvgIpc) is 3.16. The maximum Gasteiger partial charge on any atom is 0.248 e. The van der Waals surface area contributed by atoms with Gasteiger partial charge in [0.25, 0.3) is 0 Å². The minimum absolute atomic E-state index is 0.218. The van der Waals surface area contributed by atoms with Gasteiger partial charge in [-0.1, -0.05) is 23.7 Å². The molecule has 3 aromatic carbocycles. The van der Waals surface area contributed by atoms with E-state index in [1.54, 1.807) is 43.5 Å². The molecule has 0 radical (unpaired) electrons. The van der Waals surface area contributed by atoms with Crippen molar-refractivity contribution >= 4 is 40.4 Å². The van der Waals surface area contributed by atoms with E-state index in [4.69, 9.17) is 20.8 Å². The van der Waals surface area contributed by atoms with Crippen LogP contribution in [-0.4, -0.2) is 18.0 Å². The summed E-state index contributed by atoms with van der Waals surface area (Å²) < 4.78 is 10.9. The van der Waals surface area contributed by atoms with Gasteiger partial charge in [-0.05, 0) is 66.2 Å². The van der Waals surface area contributed by atoms with Gasteiger partial charge < -0.3 is 14.5 Å². The molecule has 144 valence electrons. The molecule has 0 fully saturated rings. The summed E-state index contributed by atoms with van der Waals surface area (Å²) in [5.74, 6) is 1.05. The molecule has 0 saturated heterocycles. The number of aromatic nitrogens is 1. The standard InChI is InChI=1S/C23H17ClN2O3/c1-28-19-10-2-15(3-11-19)4-13-22(27)25-18-8-5-16(6-9-18)23-26-20-14-17(24)7-12-21(20)29-23/h2-14H,1H3,(H,25,27)/b13-4+. The fourth-order valence-corrected chi connectivity index (χ4v) is 2.96. The summed E-state index contributed by atoms with van der Waals surface area (Å²) in [6, 6.07) is 20.0. The molecule has 1 amide bonds. The van der Waals surface area contributed by atoms with E-state index in [0.29, 0.717) is 27.7 Å². The predicted molar refractivity (Wildman–Crippen MR) is 115 cm³/mol. The fraction of sp³-hybridized carbons (Fsp3) is 0.0435. The van der Waals surface area contributed by atoms with E-state index < -0.39 is 0 Å². The number of rotatable bonds is 5. The van der Waals surface area contributed by atoms with Gasteiger partial charge in [0.2, 0.25) is 11.8 Å². The number of anilines is 1. The minimum Gasteiger partial charge on any atom is -0.497 e. The highest BCUT2D eigenvalue weighted by Gasteiger charge is 2.09. The van der Waals surface area contributed by atoms with Crippen molar-refractivity contribution in [1.29, 1.82) is 0 Å². The third kappa shape index (κ3) is 4.47. The van der Waals surface area contributed by atoms with Crippen LogP contribution in [0.15, 0.2) is 77.2 Å². The molecule has 0 atom stereocenters. The van der Waals surface area contributed by atoms with Crippen molar-refractivity contribution < 1.29 is 13.9 Å². The quantitative estimate of drug-likeness (QED) is 0.426. The Bertz CT molecular complexity index is 1180. The zero-order valence-electron chi connectivity index (χ0n) is 15.6. The molecule has 1 N–H and O–H groups in total. The lowest BCUT2D eigenvalue weighted by Crippen LogP contribution is -2.07. The number of nitrogens with one attached hydrogen (secondary N) is 1. The third-order valence-corrected chi connectivity index (χ3v) is 4.53. The van der Waals surface area contributed by atoms with Crippen molar-refractivity contribution in [3.63, 3.8) is 0 Å². The van der Waals surface area contributed by atoms with Crippen molar-refractivity contribution in [1.82, 2.24) is 4.98 Å². The molecule has 0 aliphatic heterocycles. The second-order valence-corrected chi connectivity index (χ2v) is 6.74. The molecule has 0 aliphatic rings. The van der Waals surface area contributed by atoms with Crippen LogP contribution in [0.5, 0.6) is 5.75 Å². The molecule has 0 bridgehead atoms. The summed E-state index contributed by atoms with van der Waals surface area (Å²) in [4.78, 5) is 16.6. The molecule has 0 saturated carbocycles. The number of carbonyl (C=O) groups is 1. The molecular formula is C23H17ClN2O3. The van der Waals surface area contributed by atoms with Crippen LogP contribution in [0.4, 0.5) is 5.69 Å². The van der Waals surface area contributed by atoms with Crippen LogP contribution in [0.3, 0.4) is 0 Å². The first-order valence-electron chi connectivity index (χ1n) is 8.90. The van der Waals surface area contributed by atoms with Crippen LogP contribution in [0.2, 0.25) is 5.02 Å². The van der Waals surface area contributed by atoms with Gasteiger partial charge in [-0.2, -0.15) is 0 Å². The molecule has 0 aliphatic carbocycles. The molecule has 0 spiro atoms. The van der Waals surface area contributed by atoms with Gasteiger partial charge in [0, 0.05) is 22.3 Å². The van der Waals surface area contributed by atoms with Crippen molar-refractivity contribution in [2.45, 2.75) is 0 Å². The Hall–Kier alpha value is -3.57. The first-order valence-corrected chi connectivity index (χ1v) is 9.28. The average molecular weight is 405 g/mol. The smallest absolute Gasteiger partial charge is 0.248 e. The van der Waals surface area contributed by atoms with Gasteiger partial charge in [-0.25, -0.2) is 4.98 Å². The lowest BCUT2D eigenvalue weighted by atomic mass is 10.2. The van der Waals surface area contributed by atoms with Crippen LogP contribution in [-0.2, 0) is 4.79 Å². The largest absolute Gasteiger partial charge is 0.497 e. The van der Waals surface area contributed by atoms with Crippen LogP contribution in [0.25, 0.3) is 28.6 Å². The highest BCUT2D eigenvalue weighted by Crippen LogP contribution is 2.27. The summed E-state index contributed by atoms with van der Waals surface area (Å²) in [7, 11) is 1.61. The van der Waals surface area contributed by atoms with Crippen molar-refractivity contribution in [2.75, 3.05) is 12.4 Å². The normalized spacial score (nSPS) is 11.1. The van der Waals surface area contributed by atoms with E-state index in [0.717, 1.165) is 16.9 Å². The Labute approximate surface area is 172 Å². The number of nitrogens with zero attached hydrogens (tertiary/aromatic N) is 1. The number of carbonyl (C=O) groups excluding carboxylic acids is 1. The minimum atomic E-state index is -0.218. The molecule has 1 aromatic heterocycles. The summed E-state index contributed by atoms with van der Waals surface area (Å²) in [6.07, 6.45) is 3.23. The maximum absolute atomic E-state index is 12.1. The lowest BCUT2D eigenvalue weighted by Gasteiger charge is -2.03. The number of oxazole rings is 1. The number of hydrogen-bond donors (Lipinski definition) is 1. The topological polar surface area (TPSA) is 64.4 Å². The molecule has 4 rings (SSSR count). The summed E-state index contributed by atoms with van der Waals surface area (Å²) in [6.45, 7) is 0. The molecule has 5 nitrogen and oxygen atoms in total. The van der Waals surface area contributed by atoms with Crippen LogP contribution in [0.1, 0.15) is 5.56 Å². The molecular weight excluding hydrogens is 388 g/mol. The SMILES string of the molecule is COc1ccc(/C=C/C(=O)Nc2ccc(-c3nc4cc(Cl)ccc4o3)cc2)cc1. The number of fused-ring (bicyclic) bond motifs is 1. The van der Waals surface area contributed by atoms with E-state index in [2.05, 4.69) is 10.3 Å². The Balaban J connectivity index is 1.42. The first-order chi connectivity index (χ1) is 14.1. The van der Waals surface area contributed by atoms with E-state index in [1.807, 2.05) is 36.4 Å². The third-order valence-electron chi connectivity index (χ3n) is 4.29. The van der Waals surface area contributed by atoms with Crippen LogP contribution < -0.4 is 10.1 Å². The Morgan fingerprint density at radius 2 is 1.83 bits per heavy atom. The summed E-state index contributed by atoms with van der Waals surface area (Å²) in [5, 5.41) is 3.44. The maximum atomic E-state index is 12.1. The first kappa shape index (κ1) is 18.8. The summed E-state index contributed by atoms with van der Waals surface area (Å²) >= 11 is 5.99. The Morgan fingerprint density at radius 3 is 2.55 bits per heavy atom. The number of amides is 1. The number of ether oxygens (including phenoxy) is 1. The Kier molecular flexibility index (Phi) is 5.31. The van der Waals surface area contributed by atoms with Crippen LogP contribution >= 0.6 is 11.6 Å². The van der Waals surface area contributed by atoms with Gasteiger partial charge in [-0.15, -0.1) is 0 Å². The monoisotopic (exact) mass is 404 g/mol. The van der Waals surface area contributed by atoms with Crippen LogP contribution in [0, 0.1) is 0 Å². The van der Waals surface area contributed by atoms with Gasteiger partial charge in [0.05, 0.1) is 7.11 Å². The van der Waals surface area contributed by atoms with Gasteiger partial charge in [0.15, 0.2) is 5.58 Å². The zero-order valence-corrected chi connectivity index (χ0v) is 16.3. The van der Waals surface area contributed by atoms with Crippen molar-refractivity contribution in [3.8, 4) is 17.2 Å². The highest BCUT2D eigenvalue weighted by atomic mass is 35.5. The van der Waals surface area contributed by atoms with Gasteiger partial charge in [-0.3, -0.25) is 4.79 Å². The molecule has 6 heteroatoms. The predicted octanol–water partition coefficient (Wildman–Crippen LogP) is 5.81. The number of methoxy groups -OCH3 is 1. The van der Waals surface area contributed by atoms with Crippen molar-refractivity contribution in [2.24, 2.45) is 0 Å². The number of hydrogen-bond acceptors (Lipinski definition) is 4. The number of benzene rings is 3. The molecule has 0 unspecified atom stereocenters. The fourth-order valence-electron chi connectivity index (χ4n) is 2.79.